The van der Waals surface area contributed by atoms with Crippen LogP contribution in [-0.4, -0.2) is 23.2 Å². The Morgan fingerprint density at radius 1 is 1.65 bits per heavy atom. The molecule has 4 nitrogen and oxygen atoms in total. The number of nitrogens with one attached hydrogen (secondary N) is 1. The van der Waals surface area contributed by atoms with Crippen LogP contribution < -0.4 is 5.32 Å². The highest BCUT2D eigenvalue weighted by molar-refractivity contribution is 5.91. The van der Waals surface area contributed by atoms with Crippen LogP contribution in [0.3, 0.4) is 0 Å². The van der Waals surface area contributed by atoms with Gasteiger partial charge in [-0.25, -0.2) is 0 Å². The predicted molar refractivity (Wildman–Crippen MR) is 66.3 cm³/mol. The number of hydrogen-bond acceptors (Lipinski definition) is 3. The number of aliphatic hydroxyl groups excluding tert-OH is 1. The summed E-state index contributed by atoms with van der Waals surface area (Å²) in [7, 11) is 0. The Kier molecular flexibility index (Phi) is 4.97. The Hall–Kier alpha value is -1.55. The van der Waals surface area contributed by atoms with Crippen LogP contribution in [0.5, 0.6) is 0 Å². The molecule has 0 aliphatic rings. The van der Waals surface area contributed by atoms with E-state index >= 15 is 0 Å². The molecule has 0 radical (unpaired) electrons. The third-order valence-electron chi connectivity index (χ3n) is 2.81. The molecule has 0 bridgehead atoms. The fourth-order valence-corrected chi connectivity index (χ4v) is 1.46. The molecule has 0 saturated heterocycles. The lowest BCUT2D eigenvalue weighted by molar-refractivity contribution is -0.118. The first-order valence-electron chi connectivity index (χ1n) is 5.74. The van der Waals surface area contributed by atoms with Crippen LogP contribution >= 0.6 is 0 Å². The second-order valence-corrected chi connectivity index (χ2v) is 4.23. The normalized spacial score (nSPS) is 14.8. The summed E-state index contributed by atoms with van der Waals surface area (Å²) < 4.78 is 5.08. The van der Waals surface area contributed by atoms with Crippen LogP contribution in [0.25, 0.3) is 6.08 Å². The van der Waals surface area contributed by atoms with Gasteiger partial charge in [-0.15, -0.1) is 0 Å². The van der Waals surface area contributed by atoms with Crippen molar-refractivity contribution in [1.82, 2.24) is 5.32 Å². The minimum absolute atomic E-state index is 0.0620. The Labute approximate surface area is 101 Å². The first-order valence-corrected chi connectivity index (χ1v) is 5.74. The van der Waals surface area contributed by atoms with Gasteiger partial charge in [0, 0.05) is 18.2 Å². The zero-order valence-corrected chi connectivity index (χ0v) is 10.3. The number of furan rings is 1. The van der Waals surface area contributed by atoms with E-state index in [1.807, 2.05) is 13.8 Å². The van der Waals surface area contributed by atoms with Crippen LogP contribution in [0, 0.1) is 0 Å². The first-order chi connectivity index (χ1) is 8.09. The number of amides is 1. The summed E-state index contributed by atoms with van der Waals surface area (Å²) >= 11 is 0. The van der Waals surface area contributed by atoms with Gasteiger partial charge in [-0.1, -0.05) is 6.92 Å². The molecular weight excluding hydrogens is 218 g/mol. The van der Waals surface area contributed by atoms with Crippen molar-refractivity contribution in [2.45, 2.75) is 32.2 Å². The van der Waals surface area contributed by atoms with Gasteiger partial charge in [0.05, 0.1) is 6.26 Å². The van der Waals surface area contributed by atoms with E-state index in [2.05, 4.69) is 5.32 Å². The maximum absolute atomic E-state index is 11.7. The zero-order chi connectivity index (χ0) is 12.7. The van der Waals surface area contributed by atoms with Crippen molar-refractivity contribution in [1.29, 1.82) is 0 Å². The van der Waals surface area contributed by atoms with Crippen molar-refractivity contribution in [2.75, 3.05) is 6.61 Å². The molecule has 2 N–H and O–H groups in total. The summed E-state index contributed by atoms with van der Waals surface area (Å²) in [5.41, 5.74) is -0.362. The summed E-state index contributed by atoms with van der Waals surface area (Å²) in [4.78, 5) is 11.7. The Balaban J connectivity index is 2.53. The molecule has 0 aromatic carbocycles. The van der Waals surface area contributed by atoms with Crippen molar-refractivity contribution >= 4 is 12.0 Å². The molecule has 0 fully saturated rings. The van der Waals surface area contributed by atoms with Crippen LogP contribution in [0.4, 0.5) is 0 Å². The first kappa shape index (κ1) is 13.5. The molecule has 1 amide bonds. The molecule has 94 valence electrons. The van der Waals surface area contributed by atoms with E-state index in [1.54, 1.807) is 24.5 Å². The van der Waals surface area contributed by atoms with Crippen LogP contribution in [-0.2, 0) is 4.79 Å². The van der Waals surface area contributed by atoms with Crippen LogP contribution in [0.2, 0.25) is 0 Å². The van der Waals surface area contributed by atoms with E-state index in [9.17, 15) is 4.79 Å². The summed E-state index contributed by atoms with van der Waals surface area (Å²) in [6.07, 6.45) is 5.92. The average molecular weight is 237 g/mol. The molecule has 0 aliphatic heterocycles. The average Bonchev–Trinajstić information content (AvgIpc) is 2.79. The highest BCUT2D eigenvalue weighted by atomic mass is 16.3. The van der Waals surface area contributed by atoms with Gasteiger partial charge in [-0.05, 0) is 38.0 Å². The summed E-state index contributed by atoms with van der Waals surface area (Å²) in [6.45, 7) is 3.96. The van der Waals surface area contributed by atoms with Crippen molar-refractivity contribution in [3.63, 3.8) is 0 Å². The minimum Gasteiger partial charge on any atom is -0.465 e. The molecule has 0 aliphatic carbocycles. The number of aliphatic hydroxyl groups is 1. The van der Waals surface area contributed by atoms with Crippen molar-refractivity contribution in [3.05, 3.63) is 30.2 Å². The molecule has 0 spiro atoms. The van der Waals surface area contributed by atoms with Crippen LogP contribution in [0.1, 0.15) is 32.4 Å². The third-order valence-corrected chi connectivity index (χ3v) is 2.81. The lowest BCUT2D eigenvalue weighted by atomic mass is 9.95. The third kappa shape index (κ3) is 4.44. The molecule has 1 aromatic heterocycles. The molecule has 1 rings (SSSR count). The SMILES string of the molecule is CCC(C)(CCO)NC(=O)/C=C/c1ccco1. The lowest BCUT2D eigenvalue weighted by Crippen LogP contribution is -2.45. The molecule has 17 heavy (non-hydrogen) atoms. The lowest BCUT2D eigenvalue weighted by Gasteiger charge is -2.28. The van der Waals surface area contributed by atoms with Crippen molar-refractivity contribution in [3.8, 4) is 0 Å². The minimum atomic E-state index is -0.362. The van der Waals surface area contributed by atoms with Crippen LogP contribution in [0.15, 0.2) is 28.9 Å². The number of rotatable bonds is 6. The van der Waals surface area contributed by atoms with Gasteiger partial charge in [0.25, 0.3) is 0 Å². The largest absolute Gasteiger partial charge is 0.465 e. The van der Waals surface area contributed by atoms with E-state index in [4.69, 9.17) is 9.52 Å². The number of hydrogen-bond donors (Lipinski definition) is 2. The summed E-state index contributed by atoms with van der Waals surface area (Å²) in [5.74, 6) is 0.458. The van der Waals surface area contributed by atoms with Gasteiger partial charge in [0.1, 0.15) is 5.76 Å². The molecule has 1 heterocycles. The molecular formula is C13H19NO3. The standard InChI is InChI=1S/C13H19NO3/c1-3-13(2,8-9-15)14-12(16)7-6-11-5-4-10-17-11/h4-7,10,15H,3,8-9H2,1-2H3,(H,14,16)/b7-6+. The Bertz CT molecular complexity index is 370. The molecule has 0 saturated carbocycles. The van der Waals surface area contributed by atoms with Gasteiger partial charge in [-0.2, -0.15) is 0 Å². The predicted octanol–water partition coefficient (Wildman–Crippen LogP) is 1.96. The number of carbonyl (C=O) groups excluding carboxylic acids is 1. The highest BCUT2D eigenvalue weighted by Crippen LogP contribution is 2.13. The van der Waals surface area contributed by atoms with Crippen molar-refractivity contribution in [2.24, 2.45) is 0 Å². The topological polar surface area (TPSA) is 62.5 Å². The number of carbonyl (C=O) groups is 1. The summed E-state index contributed by atoms with van der Waals surface area (Å²) in [6, 6.07) is 3.54. The second-order valence-electron chi connectivity index (χ2n) is 4.23. The Morgan fingerprint density at radius 3 is 2.94 bits per heavy atom. The van der Waals surface area contributed by atoms with Crippen molar-refractivity contribution < 1.29 is 14.3 Å². The van der Waals surface area contributed by atoms with Gasteiger partial charge < -0.3 is 14.8 Å². The molecule has 1 unspecified atom stereocenters. The molecule has 4 heteroatoms. The quantitative estimate of drug-likeness (QED) is 0.743. The Morgan fingerprint density at radius 2 is 2.41 bits per heavy atom. The molecule has 1 aromatic rings. The fraction of sp³-hybridized carbons (Fsp3) is 0.462. The molecule has 1 atom stereocenters. The van der Waals surface area contributed by atoms with Gasteiger partial charge in [0.15, 0.2) is 0 Å². The van der Waals surface area contributed by atoms with E-state index in [-0.39, 0.29) is 18.1 Å². The van der Waals surface area contributed by atoms with Gasteiger partial charge >= 0.3 is 0 Å². The van der Waals surface area contributed by atoms with E-state index in [1.165, 1.54) is 6.08 Å². The summed E-state index contributed by atoms with van der Waals surface area (Å²) in [5, 5.41) is 11.8. The maximum Gasteiger partial charge on any atom is 0.244 e. The monoisotopic (exact) mass is 237 g/mol. The second kappa shape index (κ2) is 6.25. The van der Waals surface area contributed by atoms with E-state index in [0.29, 0.717) is 12.2 Å². The smallest absolute Gasteiger partial charge is 0.244 e. The maximum atomic E-state index is 11.7. The highest BCUT2D eigenvalue weighted by Gasteiger charge is 2.22. The van der Waals surface area contributed by atoms with Gasteiger partial charge in [0.2, 0.25) is 5.91 Å². The van der Waals surface area contributed by atoms with E-state index in [0.717, 1.165) is 6.42 Å². The van der Waals surface area contributed by atoms with Gasteiger partial charge in [-0.3, -0.25) is 4.79 Å². The zero-order valence-electron chi connectivity index (χ0n) is 10.3. The van der Waals surface area contributed by atoms with E-state index < -0.39 is 0 Å². The fourth-order valence-electron chi connectivity index (χ4n) is 1.46.